The molecule has 2 aromatic rings. The fourth-order valence-corrected chi connectivity index (χ4v) is 3.68. The molecule has 0 fully saturated rings. The van der Waals surface area contributed by atoms with E-state index in [-0.39, 0.29) is 0 Å². The zero-order valence-electron chi connectivity index (χ0n) is 9.92. The lowest BCUT2D eigenvalue weighted by molar-refractivity contribution is 0.532. The van der Waals surface area contributed by atoms with Gasteiger partial charge in [0.05, 0.1) is 12.2 Å². The van der Waals surface area contributed by atoms with Gasteiger partial charge in [0.25, 0.3) is 0 Å². The Labute approximate surface area is 116 Å². The van der Waals surface area contributed by atoms with Crippen LogP contribution in [-0.2, 0) is 13.0 Å². The van der Waals surface area contributed by atoms with Crippen LogP contribution in [0.2, 0.25) is 0 Å². The van der Waals surface area contributed by atoms with Crippen molar-refractivity contribution in [1.82, 2.24) is 15.0 Å². The van der Waals surface area contributed by atoms with Crippen LogP contribution < -0.4 is 0 Å². The molecule has 1 aromatic carbocycles. The van der Waals surface area contributed by atoms with Crippen LogP contribution in [0.15, 0.2) is 35.4 Å². The van der Waals surface area contributed by atoms with E-state index >= 15 is 0 Å². The van der Waals surface area contributed by atoms with Crippen LogP contribution in [0, 0.1) is 0 Å². The number of fused-ring (bicyclic) bond motifs is 1. The summed E-state index contributed by atoms with van der Waals surface area (Å²) < 4.78 is 1.94. The second-order valence-electron chi connectivity index (χ2n) is 4.42. The average molecular weight is 280 g/mol. The molecule has 0 amide bonds. The van der Waals surface area contributed by atoms with Crippen molar-refractivity contribution in [3.63, 3.8) is 0 Å². The van der Waals surface area contributed by atoms with Gasteiger partial charge in [0, 0.05) is 35.1 Å². The Kier molecular flexibility index (Phi) is 3.57. The van der Waals surface area contributed by atoms with Gasteiger partial charge in [-0.25, -0.2) is 0 Å². The highest BCUT2D eigenvalue weighted by atomic mass is 35.5. The van der Waals surface area contributed by atoms with Crippen molar-refractivity contribution in [2.24, 2.45) is 0 Å². The Bertz CT molecular complexity index is 541. The Morgan fingerprint density at radius 3 is 3.17 bits per heavy atom. The molecule has 18 heavy (non-hydrogen) atoms. The van der Waals surface area contributed by atoms with Gasteiger partial charge in [-0.2, -0.15) is 0 Å². The molecule has 0 saturated heterocycles. The summed E-state index contributed by atoms with van der Waals surface area (Å²) in [6.45, 7) is 0.902. The minimum Gasteiger partial charge on any atom is -0.252 e. The first-order valence-electron chi connectivity index (χ1n) is 6.03. The molecule has 1 unspecified atom stereocenters. The minimum atomic E-state index is 0.539. The molecule has 0 saturated carbocycles. The number of aryl methyl sites for hydroxylation is 1. The molecule has 1 aromatic heterocycles. The number of halogens is 1. The molecule has 2 heterocycles. The summed E-state index contributed by atoms with van der Waals surface area (Å²) in [5.41, 5.74) is 2.42. The lowest BCUT2D eigenvalue weighted by Gasteiger charge is -2.09. The van der Waals surface area contributed by atoms with E-state index in [0.717, 1.165) is 24.4 Å². The van der Waals surface area contributed by atoms with E-state index < -0.39 is 0 Å². The monoisotopic (exact) mass is 279 g/mol. The van der Waals surface area contributed by atoms with Gasteiger partial charge in [0.1, 0.15) is 0 Å². The van der Waals surface area contributed by atoms with Gasteiger partial charge in [-0.15, -0.1) is 28.5 Å². The van der Waals surface area contributed by atoms with E-state index in [2.05, 4.69) is 34.6 Å². The Hall–Kier alpha value is -1.00. The van der Waals surface area contributed by atoms with Crippen molar-refractivity contribution in [3.05, 3.63) is 41.7 Å². The molecule has 3 rings (SSSR count). The zero-order chi connectivity index (χ0) is 12.4. The van der Waals surface area contributed by atoms with Gasteiger partial charge < -0.3 is 0 Å². The van der Waals surface area contributed by atoms with Gasteiger partial charge >= 0.3 is 0 Å². The zero-order valence-corrected chi connectivity index (χ0v) is 11.5. The van der Waals surface area contributed by atoms with Gasteiger partial charge in [-0.05, 0) is 11.6 Å². The third-order valence-electron chi connectivity index (χ3n) is 3.14. The van der Waals surface area contributed by atoms with E-state index in [9.17, 15) is 0 Å². The summed E-state index contributed by atoms with van der Waals surface area (Å²) in [6.07, 6.45) is 2.80. The fraction of sp³-hybridized carbons (Fsp3) is 0.385. The van der Waals surface area contributed by atoms with Crippen LogP contribution in [-0.4, -0.2) is 26.6 Å². The second-order valence-corrected chi connectivity index (χ2v) is 5.86. The number of aromatic nitrogens is 3. The average Bonchev–Trinajstić information content (AvgIpc) is 2.99. The highest BCUT2D eigenvalue weighted by Gasteiger charge is 2.23. The number of nitrogens with zero attached hydrogens (tertiary/aromatic N) is 3. The molecule has 1 atom stereocenters. The van der Waals surface area contributed by atoms with Crippen molar-refractivity contribution < 1.29 is 0 Å². The van der Waals surface area contributed by atoms with E-state index in [4.69, 9.17) is 11.6 Å². The maximum atomic E-state index is 5.70. The first kappa shape index (κ1) is 12.1. The third kappa shape index (κ3) is 2.40. The lowest BCUT2D eigenvalue weighted by Crippen LogP contribution is -2.09. The number of thioether (sulfide) groups is 1. The topological polar surface area (TPSA) is 30.7 Å². The number of rotatable bonds is 4. The fourth-order valence-electron chi connectivity index (χ4n) is 2.25. The van der Waals surface area contributed by atoms with Gasteiger partial charge in [0.2, 0.25) is 0 Å². The first-order chi connectivity index (χ1) is 8.86. The predicted molar refractivity (Wildman–Crippen MR) is 74.4 cm³/mol. The van der Waals surface area contributed by atoms with Crippen molar-refractivity contribution >= 4 is 23.4 Å². The highest BCUT2D eigenvalue weighted by molar-refractivity contribution is 7.99. The van der Waals surface area contributed by atoms with Crippen LogP contribution in [0.3, 0.4) is 0 Å². The second kappa shape index (κ2) is 5.33. The molecule has 0 N–H and O–H groups in total. The van der Waals surface area contributed by atoms with Crippen molar-refractivity contribution in [2.45, 2.75) is 23.8 Å². The summed E-state index contributed by atoms with van der Waals surface area (Å²) in [6, 6.07) is 8.62. The summed E-state index contributed by atoms with van der Waals surface area (Å²) in [4.78, 5) is 1.41. The molecule has 1 aliphatic heterocycles. The van der Waals surface area contributed by atoms with Crippen LogP contribution in [0.1, 0.15) is 17.2 Å². The van der Waals surface area contributed by atoms with Crippen molar-refractivity contribution in [2.75, 3.05) is 11.6 Å². The number of hydrogen-bond donors (Lipinski definition) is 0. The van der Waals surface area contributed by atoms with Crippen LogP contribution >= 0.6 is 23.4 Å². The molecule has 5 heteroatoms. The first-order valence-corrected chi connectivity index (χ1v) is 7.55. The Morgan fingerprint density at radius 1 is 1.39 bits per heavy atom. The molecule has 1 aliphatic rings. The standard InChI is InChI=1S/C13H14ClN3S/c14-6-5-11-8-17(16-15-11)7-10-9-18-13-4-2-1-3-12(10)13/h1-4,8,10H,5-7,9H2. The molecule has 0 spiro atoms. The Morgan fingerprint density at radius 2 is 2.28 bits per heavy atom. The number of alkyl halides is 1. The number of hydrogen-bond acceptors (Lipinski definition) is 3. The maximum Gasteiger partial charge on any atom is 0.0839 e. The molecule has 0 bridgehead atoms. The summed E-state index contributed by atoms with van der Waals surface area (Å²) in [5.74, 6) is 2.27. The lowest BCUT2D eigenvalue weighted by atomic mass is 10.0. The van der Waals surface area contributed by atoms with Gasteiger partial charge in [-0.1, -0.05) is 23.4 Å². The van der Waals surface area contributed by atoms with Crippen LogP contribution in [0.4, 0.5) is 0 Å². The largest absolute Gasteiger partial charge is 0.252 e. The van der Waals surface area contributed by atoms with Gasteiger partial charge in [0.15, 0.2) is 0 Å². The van der Waals surface area contributed by atoms with Gasteiger partial charge in [-0.3, -0.25) is 4.68 Å². The smallest absolute Gasteiger partial charge is 0.0839 e. The summed E-state index contributed by atoms with van der Waals surface area (Å²) in [5, 5.41) is 8.30. The maximum absolute atomic E-state index is 5.70. The summed E-state index contributed by atoms with van der Waals surface area (Å²) in [7, 11) is 0. The molecule has 3 nitrogen and oxygen atoms in total. The van der Waals surface area contributed by atoms with Crippen LogP contribution in [0.25, 0.3) is 0 Å². The quantitative estimate of drug-likeness (QED) is 0.806. The van der Waals surface area contributed by atoms with E-state index in [1.165, 1.54) is 10.5 Å². The third-order valence-corrected chi connectivity index (χ3v) is 4.58. The molecule has 0 radical (unpaired) electrons. The van der Waals surface area contributed by atoms with E-state index in [1.54, 1.807) is 0 Å². The number of benzene rings is 1. The van der Waals surface area contributed by atoms with Crippen LogP contribution in [0.5, 0.6) is 0 Å². The normalized spacial score (nSPS) is 17.9. The highest BCUT2D eigenvalue weighted by Crippen LogP contribution is 2.39. The molecule has 0 aliphatic carbocycles. The van der Waals surface area contributed by atoms with E-state index in [0.29, 0.717) is 11.8 Å². The molecular formula is C13H14ClN3S. The predicted octanol–water partition coefficient (Wildman–Crippen LogP) is 2.95. The molecule has 94 valence electrons. The summed E-state index contributed by atoms with van der Waals surface area (Å²) >= 11 is 7.63. The van der Waals surface area contributed by atoms with Crippen molar-refractivity contribution in [3.8, 4) is 0 Å². The van der Waals surface area contributed by atoms with Crippen molar-refractivity contribution in [1.29, 1.82) is 0 Å². The SMILES string of the molecule is ClCCc1cn(CC2CSc3ccccc32)nn1. The van der Waals surface area contributed by atoms with E-state index in [1.807, 2.05) is 22.6 Å². The minimum absolute atomic E-state index is 0.539. The molecular weight excluding hydrogens is 266 g/mol. The Balaban J connectivity index is 1.73.